The smallest absolute Gasteiger partial charge is 0.258 e. The summed E-state index contributed by atoms with van der Waals surface area (Å²) in [7, 11) is 0. The third-order valence-corrected chi connectivity index (χ3v) is 2.71. The molecule has 1 aliphatic carbocycles. The van der Waals surface area contributed by atoms with Gasteiger partial charge in [0, 0.05) is 17.6 Å². The molecule has 0 aromatic heterocycles. The van der Waals surface area contributed by atoms with E-state index in [9.17, 15) is 4.79 Å². The van der Waals surface area contributed by atoms with E-state index in [4.69, 9.17) is 10.5 Å². The fourth-order valence-electron chi connectivity index (χ4n) is 1.63. The normalized spacial score (nSPS) is 16.4. The molecule has 0 unspecified atom stereocenters. The van der Waals surface area contributed by atoms with E-state index in [0.717, 1.165) is 18.4 Å². The van der Waals surface area contributed by atoms with Gasteiger partial charge in [-0.05, 0) is 25.8 Å². The topological polar surface area (TPSA) is 64.3 Å². The highest BCUT2D eigenvalue weighted by Gasteiger charge is 2.23. The average molecular weight is 234 g/mol. The molecule has 1 aliphatic rings. The van der Waals surface area contributed by atoms with Crippen molar-refractivity contribution in [3.8, 4) is 5.75 Å². The molecule has 0 bridgehead atoms. The van der Waals surface area contributed by atoms with E-state index in [-0.39, 0.29) is 18.6 Å². The predicted molar refractivity (Wildman–Crippen MR) is 65.7 cm³/mol. The summed E-state index contributed by atoms with van der Waals surface area (Å²) in [6.45, 7) is 1.95. The molecule has 1 aromatic carbocycles. The molecule has 1 amide bonds. The Kier molecular flexibility index (Phi) is 3.64. The zero-order chi connectivity index (χ0) is 12.3. The molecule has 1 atom stereocenters. The van der Waals surface area contributed by atoms with E-state index in [2.05, 4.69) is 5.32 Å². The number of hydrogen-bond acceptors (Lipinski definition) is 3. The van der Waals surface area contributed by atoms with Gasteiger partial charge < -0.3 is 15.8 Å². The van der Waals surface area contributed by atoms with Crippen molar-refractivity contribution in [1.29, 1.82) is 0 Å². The summed E-state index contributed by atoms with van der Waals surface area (Å²) >= 11 is 0. The number of carbonyl (C=O) groups is 1. The Morgan fingerprint density at radius 3 is 2.88 bits per heavy atom. The maximum Gasteiger partial charge on any atom is 0.258 e. The van der Waals surface area contributed by atoms with Gasteiger partial charge in [0.1, 0.15) is 5.75 Å². The first kappa shape index (κ1) is 11.9. The maximum absolute atomic E-state index is 11.5. The van der Waals surface area contributed by atoms with E-state index in [1.165, 1.54) is 0 Å². The number of para-hydroxylation sites is 1. The van der Waals surface area contributed by atoms with Crippen molar-refractivity contribution >= 4 is 5.91 Å². The van der Waals surface area contributed by atoms with Crippen molar-refractivity contribution in [2.24, 2.45) is 5.73 Å². The minimum Gasteiger partial charge on any atom is -0.483 e. The molecule has 3 N–H and O–H groups in total. The average Bonchev–Trinajstić information content (AvgIpc) is 3.10. The largest absolute Gasteiger partial charge is 0.483 e. The summed E-state index contributed by atoms with van der Waals surface area (Å²) in [6, 6.07) is 7.81. The van der Waals surface area contributed by atoms with E-state index >= 15 is 0 Å². The number of ether oxygens (including phenoxy) is 1. The number of amides is 1. The second-order valence-electron chi connectivity index (χ2n) is 4.46. The van der Waals surface area contributed by atoms with E-state index in [0.29, 0.717) is 11.8 Å². The number of carbonyl (C=O) groups excluding carboxylic acids is 1. The first-order chi connectivity index (χ1) is 8.16. The summed E-state index contributed by atoms with van der Waals surface area (Å²) in [6.07, 6.45) is 2.17. The third-order valence-electron chi connectivity index (χ3n) is 2.71. The van der Waals surface area contributed by atoms with Crippen LogP contribution in [0, 0.1) is 0 Å². The lowest BCUT2D eigenvalue weighted by atomic mass is 10.1. The standard InChI is InChI=1S/C13H18N2O2/c1-9(14)11-4-2-3-5-12(11)17-8-13(16)15-10-6-7-10/h2-5,9-10H,6-8,14H2,1H3,(H,15,16)/t9-/m1/s1. The Morgan fingerprint density at radius 2 is 2.24 bits per heavy atom. The van der Waals surface area contributed by atoms with E-state index in [1.807, 2.05) is 31.2 Å². The van der Waals surface area contributed by atoms with Crippen molar-refractivity contribution in [3.05, 3.63) is 29.8 Å². The van der Waals surface area contributed by atoms with Crippen LogP contribution in [0.5, 0.6) is 5.75 Å². The lowest BCUT2D eigenvalue weighted by Gasteiger charge is -2.13. The molecular weight excluding hydrogens is 216 g/mol. The molecule has 0 spiro atoms. The Balaban J connectivity index is 1.90. The van der Waals surface area contributed by atoms with Crippen LogP contribution in [0.3, 0.4) is 0 Å². The fourth-order valence-corrected chi connectivity index (χ4v) is 1.63. The summed E-state index contributed by atoms with van der Waals surface area (Å²) < 4.78 is 5.50. The molecule has 4 nitrogen and oxygen atoms in total. The second kappa shape index (κ2) is 5.19. The monoisotopic (exact) mass is 234 g/mol. The van der Waals surface area contributed by atoms with Gasteiger partial charge in [0.05, 0.1) is 0 Å². The van der Waals surface area contributed by atoms with Gasteiger partial charge in [-0.15, -0.1) is 0 Å². The fraction of sp³-hybridized carbons (Fsp3) is 0.462. The zero-order valence-corrected chi connectivity index (χ0v) is 9.98. The van der Waals surface area contributed by atoms with Gasteiger partial charge in [-0.1, -0.05) is 18.2 Å². The van der Waals surface area contributed by atoms with Gasteiger partial charge in [-0.3, -0.25) is 4.79 Å². The number of nitrogens with two attached hydrogens (primary N) is 1. The number of nitrogens with one attached hydrogen (secondary N) is 1. The van der Waals surface area contributed by atoms with Crippen LogP contribution in [0.4, 0.5) is 0 Å². The molecule has 2 rings (SSSR count). The molecule has 4 heteroatoms. The zero-order valence-electron chi connectivity index (χ0n) is 9.98. The second-order valence-corrected chi connectivity index (χ2v) is 4.46. The van der Waals surface area contributed by atoms with Gasteiger partial charge in [0.2, 0.25) is 0 Å². The Morgan fingerprint density at radius 1 is 1.53 bits per heavy atom. The Hall–Kier alpha value is -1.55. The minimum absolute atomic E-state index is 0.0558. The van der Waals surface area contributed by atoms with Gasteiger partial charge >= 0.3 is 0 Å². The van der Waals surface area contributed by atoms with Crippen molar-refractivity contribution in [3.63, 3.8) is 0 Å². The molecular formula is C13H18N2O2. The summed E-state index contributed by atoms with van der Waals surface area (Å²) in [4.78, 5) is 11.5. The minimum atomic E-state index is -0.0994. The van der Waals surface area contributed by atoms with E-state index in [1.54, 1.807) is 0 Å². The van der Waals surface area contributed by atoms with Gasteiger partial charge in [-0.2, -0.15) is 0 Å². The number of rotatable bonds is 5. The first-order valence-electron chi connectivity index (χ1n) is 5.93. The highest BCUT2D eigenvalue weighted by Crippen LogP contribution is 2.23. The SMILES string of the molecule is C[C@@H](N)c1ccccc1OCC(=O)NC1CC1. The van der Waals surface area contributed by atoms with Crippen LogP contribution in [0.1, 0.15) is 31.4 Å². The molecule has 17 heavy (non-hydrogen) atoms. The first-order valence-corrected chi connectivity index (χ1v) is 5.93. The van der Waals surface area contributed by atoms with Crippen LogP contribution >= 0.6 is 0 Å². The number of hydrogen-bond donors (Lipinski definition) is 2. The van der Waals surface area contributed by atoms with Gasteiger partial charge in [0.15, 0.2) is 6.61 Å². The lowest BCUT2D eigenvalue weighted by molar-refractivity contribution is -0.123. The third kappa shape index (κ3) is 3.46. The van der Waals surface area contributed by atoms with Crippen LogP contribution in [0.2, 0.25) is 0 Å². The molecule has 0 aliphatic heterocycles. The molecule has 0 radical (unpaired) electrons. The van der Waals surface area contributed by atoms with Crippen LogP contribution in [-0.2, 0) is 4.79 Å². The lowest BCUT2D eigenvalue weighted by Crippen LogP contribution is -2.30. The molecule has 1 saturated carbocycles. The molecule has 1 fully saturated rings. The highest BCUT2D eigenvalue weighted by molar-refractivity contribution is 5.78. The number of benzene rings is 1. The molecule has 0 heterocycles. The van der Waals surface area contributed by atoms with Crippen molar-refractivity contribution in [2.45, 2.75) is 31.8 Å². The van der Waals surface area contributed by atoms with Crippen molar-refractivity contribution in [2.75, 3.05) is 6.61 Å². The quantitative estimate of drug-likeness (QED) is 0.808. The van der Waals surface area contributed by atoms with Gasteiger partial charge in [0.25, 0.3) is 5.91 Å². The predicted octanol–water partition coefficient (Wildman–Crippen LogP) is 1.36. The van der Waals surface area contributed by atoms with Crippen LogP contribution in [0.15, 0.2) is 24.3 Å². The summed E-state index contributed by atoms with van der Waals surface area (Å²) in [5, 5.41) is 2.88. The van der Waals surface area contributed by atoms with Crippen LogP contribution < -0.4 is 15.8 Å². The van der Waals surface area contributed by atoms with Gasteiger partial charge in [-0.25, -0.2) is 0 Å². The maximum atomic E-state index is 11.5. The Bertz CT molecular complexity index is 400. The highest BCUT2D eigenvalue weighted by atomic mass is 16.5. The summed E-state index contributed by atoms with van der Waals surface area (Å²) in [5.41, 5.74) is 6.75. The summed E-state index contributed by atoms with van der Waals surface area (Å²) in [5.74, 6) is 0.625. The molecule has 0 saturated heterocycles. The molecule has 1 aromatic rings. The van der Waals surface area contributed by atoms with Crippen LogP contribution in [0.25, 0.3) is 0 Å². The Labute approximate surface area is 101 Å². The van der Waals surface area contributed by atoms with Crippen LogP contribution in [-0.4, -0.2) is 18.6 Å². The van der Waals surface area contributed by atoms with E-state index < -0.39 is 0 Å². The molecule has 92 valence electrons. The van der Waals surface area contributed by atoms with Crippen molar-refractivity contribution < 1.29 is 9.53 Å². The van der Waals surface area contributed by atoms with Crippen molar-refractivity contribution in [1.82, 2.24) is 5.32 Å².